The van der Waals surface area contributed by atoms with Crippen molar-refractivity contribution in [1.82, 2.24) is 4.98 Å². The third kappa shape index (κ3) is 3.34. The van der Waals surface area contributed by atoms with Gasteiger partial charge >= 0.3 is 0 Å². The minimum atomic E-state index is -0.157. The molecule has 21 heavy (non-hydrogen) atoms. The Morgan fingerprint density at radius 2 is 2.10 bits per heavy atom. The van der Waals surface area contributed by atoms with Crippen LogP contribution in [0.15, 0.2) is 36.5 Å². The normalized spacial score (nSPS) is 10.3. The Labute approximate surface area is 129 Å². The summed E-state index contributed by atoms with van der Waals surface area (Å²) in [6.07, 6.45) is 1.50. The maximum absolute atomic E-state index is 12.7. The van der Waals surface area contributed by atoms with Crippen LogP contribution >= 0.6 is 11.6 Å². The van der Waals surface area contributed by atoms with Crippen molar-refractivity contribution in [3.8, 4) is 0 Å². The fraction of sp³-hybridized carbons (Fsp3) is 0.250. The van der Waals surface area contributed by atoms with Gasteiger partial charge in [0.2, 0.25) is 0 Å². The lowest BCUT2D eigenvalue weighted by Crippen LogP contribution is -2.27. The Morgan fingerprint density at radius 1 is 1.38 bits per heavy atom. The second kappa shape index (κ2) is 6.59. The monoisotopic (exact) mass is 303 g/mol. The Kier molecular flexibility index (Phi) is 4.81. The van der Waals surface area contributed by atoms with Gasteiger partial charge in [0, 0.05) is 25.5 Å². The van der Waals surface area contributed by atoms with Crippen molar-refractivity contribution in [2.24, 2.45) is 0 Å². The van der Waals surface area contributed by atoms with E-state index in [0.717, 1.165) is 17.8 Å². The van der Waals surface area contributed by atoms with Crippen LogP contribution in [-0.4, -0.2) is 24.5 Å². The first kappa shape index (κ1) is 15.3. The van der Waals surface area contributed by atoms with Gasteiger partial charge in [-0.05, 0) is 31.5 Å². The third-order valence-electron chi connectivity index (χ3n) is 3.23. The molecule has 0 atom stereocenters. The lowest BCUT2D eigenvalue weighted by Gasteiger charge is -2.20. The van der Waals surface area contributed by atoms with Gasteiger partial charge in [-0.15, -0.1) is 0 Å². The van der Waals surface area contributed by atoms with Gasteiger partial charge < -0.3 is 10.2 Å². The van der Waals surface area contributed by atoms with Crippen LogP contribution in [0.25, 0.3) is 0 Å². The van der Waals surface area contributed by atoms with E-state index in [4.69, 9.17) is 11.6 Å². The number of para-hydroxylation sites is 1. The number of hydrogen-bond acceptors (Lipinski definition) is 3. The molecule has 0 aliphatic carbocycles. The fourth-order valence-electron chi connectivity index (χ4n) is 2.11. The number of aromatic nitrogens is 1. The van der Waals surface area contributed by atoms with E-state index >= 15 is 0 Å². The molecule has 4 nitrogen and oxygen atoms in total. The van der Waals surface area contributed by atoms with Gasteiger partial charge in [0.05, 0.1) is 10.6 Å². The summed E-state index contributed by atoms with van der Waals surface area (Å²) in [5, 5.41) is 3.43. The number of pyridine rings is 1. The summed E-state index contributed by atoms with van der Waals surface area (Å²) >= 11 is 6.12. The fourth-order valence-corrected chi connectivity index (χ4v) is 2.29. The van der Waals surface area contributed by atoms with E-state index in [9.17, 15) is 4.79 Å². The summed E-state index contributed by atoms with van der Waals surface area (Å²) in [5.41, 5.74) is 2.33. The lowest BCUT2D eigenvalue weighted by atomic mass is 10.1. The van der Waals surface area contributed by atoms with Crippen LogP contribution in [0.2, 0.25) is 5.02 Å². The maximum atomic E-state index is 12.7. The summed E-state index contributed by atoms with van der Waals surface area (Å²) in [4.78, 5) is 18.4. The summed E-state index contributed by atoms with van der Waals surface area (Å²) in [7, 11) is 1.74. The topological polar surface area (TPSA) is 45.2 Å². The number of carbonyl (C=O) groups is 1. The van der Waals surface area contributed by atoms with Crippen molar-refractivity contribution in [3.63, 3.8) is 0 Å². The number of nitrogens with zero attached hydrogens (tertiary/aromatic N) is 2. The number of rotatable bonds is 4. The van der Waals surface area contributed by atoms with E-state index in [1.54, 1.807) is 18.0 Å². The molecule has 0 aliphatic heterocycles. The van der Waals surface area contributed by atoms with E-state index in [1.807, 2.05) is 38.1 Å². The van der Waals surface area contributed by atoms with Crippen LogP contribution in [0, 0.1) is 6.92 Å². The van der Waals surface area contributed by atoms with E-state index in [1.165, 1.54) is 6.20 Å². The van der Waals surface area contributed by atoms with Crippen molar-refractivity contribution in [1.29, 1.82) is 0 Å². The minimum absolute atomic E-state index is 0.157. The highest BCUT2D eigenvalue weighted by atomic mass is 35.5. The number of hydrogen-bond donors (Lipinski definition) is 1. The van der Waals surface area contributed by atoms with Crippen molar-refractivity contribution < 1.29 is 4.79 Å². The minimum Gasteiger partial charge on any atom is -0.370 e. The molecule has 2 aromatic rings. The highest BCUT2D eigenvalue weighted by molar-refractivity contribution is 6.34. The molecule has 110 valence electrons. The zero-order valence-corrected chi connectivity index (χ0v) is 13.1. The van der Waals surface area contributed by atoms with Crippen LogP contribution < -0.4 is 10.2 Å². The predicted octanol–water partition coefficient (Wildman–Crippen LogP) is 3.75. The molecule has 2 rings (SSSR count). The Hall–Kier alpha value is -2.07. The largest absolute Gasteiger partial charge is 0.370 e. The van der Waals surface area contributed by atoms with Crippen LogP contribution in [0.5, 0.6) is 0 Å². The molecule has 0 unspecified atom stereocenters. The molecule has 5 heteroatoms. The molecular formula is C16H18ClN3O. The van der Waals surface area contributed by atoms with Crippen molar-refractivity contribution in [2.75, 3.05) is 23.8 Å². The zero-order chi connectivity index (χ0) is 15.4. The highest BCUT2D eigenvalue weighted by Gasteiger charge is 2.18. The number of carbonyl (C=O) groups excluding carboxylic acids is 1. The lowest BCUT2D eigenvalue weighted by molar-refractivity contribution is 0.0993. The Bertz CT molecular complexity index is 658. The summed E-state index contributed by atoms with van der Waals surface area (Å²) < 4.78 is 0. The molecule has 0 saturated carbocycles. The summed E-state index contributed by atoms with van der Waals surface area (Å²) in [5.74, 6) is 0.485. The molecular weight excluding hydrogens is 286 g/mol. The summed E-state index contributed by atoms with van der Waals surface area (Å²) in [6.45, 7) is 4.67. The highest BCUT2D eigenvalue weighted by Crippen LogP contribution is 2.24. The molecule has 0 radical (unpaired) electrons. The van der Waals surface area contributed by atoms with Gasteiger partial charge in [0.1, 0.15) is 5.82 Å². The van der Waals surface area contributed by atoms with Gasteiger partial charge in [-0.2, -0.15) is 0 Å². The first-order chi connectivity index (χ1) is 10.0. The molecule has 1 aromatic carbocycles. The molecule has 0 aliphatic rings. The van der Waals surface area contributed by atoms with Gasteiger partial charge in [0.15, 0.2) is 0 Å². The Morgan fingerprint density at radius 3 is 2.76 bits per heavy atom. The number of benzene rings is 1. The second-order valence-corrected chi connectivity index (χ2v) is 5.14. The quantitative estimate of drug-likeness (QED) is 0.935. The van der Waals surface area contributed by atoms with Gasteiger partial charge in [0.25, 0.3) is 5.91 Å². The van der Waals surface area contributed by atoms with E-state index in [-0.39, 0.29) is 5.91 Å². The average Bonchev–Trinajstić information content (AvgIpc) is 2.48. The number of amides is 1. The molecule has 1 aromatic heterocycles. The van der Waals surface area contributed by atoms with Crippen LogP contribution in [0.1, 0.15) is 22.8 Å². The predicted molar refractivity (Wildman–Crippen MR) is 87.3 cm³/mol. The van der Waals surface area contributed by atoms with Crippen molar-refractivity contribution >= 4 is 29.0 Å². The SMILES string of the molecule is CCNc1cc(C(=O)N(C)c2ccccc2C)c(Cl)cn1. The standard InChI is InChI=1S/C16H18ClN3O/c1-4-18-15-9-12(13(17)10-19-15)16(21)20(3)14-8-6-5-7-11(14)2/h5-10H,4H2,1-3H3,(H,18,19). The first-order valence-electron chi connectivity index (χ1n) is 6.77. The van der Waals surface area contributed by atoms with E-state index in [0.29, 0.717) is 16.4 Å². The molecule has 0 fully saturated rings. The van der Waals surface area contributed by atoms with E-state index < -0.39 is 0 Å². The van der Waals surface area contributed by atoms with E-state index in [2.05, 4.69) is 10.3 Å². The van der Waals surface area contributed by atoms with Gasteiger partial charge in [-0.25, -0.2) is 4.98 Å². The number of halogens is 1. The molecule has 0 saturated heterocycles. The van der Waals surface area contributed by atoms with Crippen LogP contribution in [-0.2, 0) is 0 Å². The maximum Gasteiger partial charge on any atom is 0.259 e. The van der Waals surface area contributed by atoms with Crippen LogP contribution in [0.3, 0.4) is 0 Å². The second-order valence-electron chi connectivity index (χ2n) is 4.73. The van der Waals surface area contributed by atoms with Crippen LogP contribution in [0.4, 0.5) is 11.5 Å². The number of aryl methyl sites for hydroxylation is 1. The number of anilines is 2. The summed E-state index contributed by atoms with van der Waals surface area (Å²) in [6, 6.07) is 9.41. The number of nitrogens with one attached hydrogen (secondary N) is 1. The third-order valence-corrected chi connectivity index (χ3v) is 3.53. The first-order valence-corrected chi connectivity index (χ1v) is 7.15. The van der Waals surface area contributed by atoms with Gasteiger partial charge in [-0.3, -0.25) is 4.79 Å². The molecule has 0 spiro atoms. The smallest absolute Gasteiger partial charge is 0.259 e. The molecule has 1 amide bonds. The average molecular weight is 304 g/mol. The van der Waals surface area contributed by atoms with Gasteiger partial charge in [-0.1, -0.05) is 29.8 Å². The van der Waals surface area contributed by atoms with Crippen molar-refractivity contribution in [3.05, 3.63) is 52.7 Å². The molecule has 1 N–H and O–H groups in total. The zero-order valence-electron chi connectivity index (χ0n) is 12.4. The molecule has 1 heterocycles. The molecule has 0 bridgehead atoms. The Balaban J connectivity index is 2.35. The van der Waals surface area contributed by atoms with Crippen molar-refractivity contribution in [2.45, 2.75) is 13.8 Å².